The molecule has 122 valence electrons. The molecule has 1 amide bonds. The molecule has 0 aliphatic carbocycles. The van der Waals surface area contributed by atoms with Crippen molar-refractivity contribution >= 4 is 17.2 Å². The van der Waals surface area contributed by atoms with Crippen LogP contribution >= 0.6 is 11.3 Å². The minimum Gasteiger partial charge on any atom is -0.505 e. The van der Waals surface area contributed by atoms with Gasteiger partial charge in [-0.25, -0.2) is 14.4 Å². The lowest BCUT2D eigenvalue weighted by atomic mass is 10.2. The molecule has 2 aromatic heterocycles. The number of likely N-dealkylation sites (tertiary alicyclic amines) is 1. The van der Waals surface area contributed by atoms with E-state index in [4.69, 9.17) is 0 Å². The maximum atomic E-state index is 13.7. The summed E-state index contributed by atoms with van der Waals surface area (Å²) in [5.74, 6) is -0.626. The van der Waals surface area contributed by atoms with Gasteiger partial charge in [-0.2, -0.15) is 0 Å². The summed E-state index contributed by atoms with van der Waals surface area (Å²) < 4.78 is 13.7. The second-order valence-electron chi connectivity index (χ2n) is 5.42. The van der Waals surface area contributed by atoms with Gasteiger partial charge in [-0.1, -0.05) is 0 Å². The first kappa shape index (κ1) is 15.8. The molecule has 0 radical (unpaired) electrons. The summed E-state index contributed by atoms with van der Waals surface area (Å²) in [6.07, 6.45) is 2.64. The van der Waals surface area contributed by atoms with Crippen molar-refractivity contribution in [3.8, 4) is 5.75 Å². The van der Waals surface area contributed by atoms with Crippen LogP contribution in [-0.4, -0.2) is 51.2 Å². The zero-order valence-electron chi connectivity index (χ0n) is 12.4. The van der Waals surface area contributed by atoms with Crippen LogP contribution < -0.4 is 5.32 Å². The number of carbonyl (C=O) groups excluding carboxylic acids is 1. The van der Waals surface area contributed by atoms with Gasteiger partial charge in [0.15, 0.2) is 5.69 Å². The Bertz CT molecular complexity index is 667. The highest BCUT2D eigenvalue weighted by atomic mass is 32.1. The van der Waals surface area contributed by atoms with Gasteiger partial charge < -0.3 is 10.4 Å². The number of aromatic hydroxyl groups is 1. The maximum absolute atomic E-state index is 13.7. The third-order valence-corrected chi connectivity index (χ3v) is 4.56. The number of pyridine rings is 1. The van der Waals surface area contributed by atoms with E-state index in [1.165, 1.54) is 23.6 Å². The number of nitrogens with zero attached hydrogens (tertiary/aromatic N) is 3. The predicted molar refractivity (Wildman–Crippen MR) is 84.1 cm³/mol. The number of thiazole rings is 1. The van der Waals surface area contributed by atoms with Gasteiger partial charge in [0.1, 0.15) is 16.9 Å². The molecular weight excluding hydrogens is 319 g/mol. The Morgan fingerprint density at radius 1 is 1.48 bits per heavy atom. The second-order valence-corrected chi connectivity index (χ2v) is 6.40. The number of aromatic nitrogens is 2. The molecule has 2 aromatic rings. The van der Waals surface area contributed by atoms with Gasteiger partial charge in [0.05, 0.1) is 6.54 Å². The normalized spacial score (nSPS) is 21.4. The molecular formula is C15H17FN4O2S. The molecule has 0 aromatic carbocycles. The summed E-state index contributed by atoms with van der Waals surface area (Å²) in [6.45, 7) is 1.23. The second kappa shape index (κ2) is 7.01. The molecule has 2 atom stereocenters. The van der Waals surface area contributed by atoms with Crippen LogP contribution in [0.3, 0.4) is 0 Å². The largest absolute Gasteiger partial charge is 0.505 e. The van der Waals surface area contributed by atoms with Crippen molar-refractivity contribution in [1.29, 1.82) is 0 Å². The minimum absolute atomic E-state index is 0.0197. The zero-order chi connectivity index (χ0) is 16.2. The number of amides is 1. The number of nitrogens with one attached hydrogen (secondary N) is 1. The topological polar surface area (TPSA) is 78.4 Å². The van der Waals surface area contributed by atoms with Crippen LogP contribution in [0.15, 0.2) is 29.9 Å². The summed E-state index contributed by atoms with van der Waals surface area (Å²) in [7, 11) is 0. The Balaban J connectivity index is 1.59. The van der Waals surface area contributed by atoms with Gasteiger partial charge in [0.2, 0.25) is 0 Å². The summed E-state index contributed by atoms with van der Waals surface area (Å²) >= 11 is 1.53. The molecule has 1 fully saturated rings. The van der Waals surface area contributed by atoms with Crippen molar-refractivity contribution in [2.24, 2.45) is 0 Å². The van der Waals surface area contributed by atoms with Crippen LogP contribution in [0.4, 0.5) is 4.39 Å². The lowest BCUT2D eigenvalue weighted by molar-refractivity contribution is 0.0932. The summed E-state index contributed by atoms with van der Waals surface area (Å²) in [4.78, 5) is 22.1. The fraction of sp³-hybridized carbons (Fsp3) is 0.400. The Kier molecular flexibility index (Phi) is 4.82. The highest BCUT2D eigenvalue weighted by molar-refractivity contribution is 7.09. The maximum Gasteiger partial charge on any atom is 0.273 e. The van der Waals surface area contributed by atoms with Crippen molar-refractivity contribution in [3.05, 3.63) is 40.6 Å². The average molecular weight is 336 g/mol. The van der Waals surface area contributed by atoms with Crippen LogP contribution in [0.25, 0.3) is 0 Å². The monoisotopic (exact) mass is 336 g/mol. The quantitative estimate of drug-likeness (QED) is 0.867. The lowest BCUT2D eigenvalue weighted by Gasteiger charge is -2.23. The van der Waals surface area contributed by atoms with Crippen molar-refractivity contribution in [1.82, 2.24) is 20.2 Å². The van der Waals surface area contributed by atoms with E-state index in [1.54, 1.807) is 12.3 Å². The van der Waals surface area contributed by atoms with E-state index < -0.39 is 12.1 Å². The van der Waals surface area contributed by atoms with Crippen molar-refractivity contribution < 1.29 is 14.3 Å². The van der Waals surface area contributed by atoms with E-state index in [2.05, 4.69) is 15.3 Å². The van der Waals surface area contributed by atoms with Crippen molar-refractivity contribution in [2.75, 3.05) is 13.1 Å². The third-order valence-electron chi connectivity index (χ3n) is 3.80. The number of rotatable bonds is 5. The molecule has 1 saturated heterocycles. The van der Waals surface area contributed by atoms with Crippen LogP contribution in [-0.2, 0) is 6.54 Å². The fourth-order valence-electron chi connectivity index (χ4n) is 2.70. The van der Waals surface area contributed by atoms with Crippen LogP contribution in [0.1, 0.15) is 21.9 Å². The van der Waals surface area contributed by atoms with E-state index in [0.29, 0.717) is 26.1 Å². The molecule has 0 bridgehead atoms. The first-order chi connectivity index (χ1) is 11.1. The lowest BCUT2D eigenvalue weighted by Crippen LogP contribution is -2.40. The van der Waals surface area contributed by atoms with Crippen molar-refractivity contribution in [3.63, 3.8) is 0 Å². The van der Waals surface area contributed by atoms with Gasteiger partial charge >= 0.3 is 0 Å². The van der Waals surface area contributed by atoms with Gasteiger partial charge in [-0.15, -0.1) is 11.3 Å². The Hall–Kier alpha value is -2.06. The molecule has 0 saturated carbocycles. The molecule has 0 spiro atoms. The number of hydrogen-bond donors (Lipinski definition) is 2. The van der Waals surface area contributed by atoms with Gasteiger partial charge in [-0.3, -0.25) is 9.69 Å². The number of halogens is 1. The smallest absolute Gasteiger partial charge is 0.273 e. The molecule has 6 nitrogen and oxygen atoms in total. The number of alkyl halides is 1. The molecule has 2 N–H and O–H groups in total. The third kappa shape index (κ3) is 3.83. The van der Waals surface area contributed by atoms with E-state index in [1.807, 2.05) is 10.3 Å². The van der Waals surface area contributed by atoms with Crippen LogP contribution in [0, 0.1) is 0 Å². The molecule has 0 unspecified atom stereocenters. The van der Waals surface area contributed by atoms with Gasteiger partial charge in [-0.05, 0) is 18.6 Å². The highest BCUT2D eigenvalue weighted by Crippen LogP contribution is 2.23. The molecule has 3 heterocycles. The van der Waals surface area contributed by atoms with E-state index in [9.17, 15) is 14.3 Å². The first-order valence-electron chi connectivity index (χ1n) is 7.32. The summed E-state index contributed by atoms with van der Waals surface area (Å²) in [5, 5.41) is 15.2. The van der Waals surface area contributed by atoms with E-state index in [-0.39, 0.29) is 17.5 Å². The Morgan fingerprint density at radius 2 is 2.35 bits per heavy atom. The Morgan fingerprint density at radius 3 is 3.09 bits per heavy atom. The van der Waals surface area contributed by atoms with Gasteiger partial charge in [0.25, 0.3) is 5.91 Å². The highest BCUT2D eigenvalue weighted by Gasteiger charge is 2.32. The van der Waals surface area contributed by atoms with Crippen molar-refractivity contribution in [2.45, 2.75) is 25.2 Å². The van der Waals surface area contributed by atoms with Gasteiger partial charge in [0, 0.05) is 36.9 Å². The SMILES string of the molecule is O=C(NC[C@@H]1C[C@H](F)CN1Cc1nccs1)c1ncccc1O. The molecule has 8 heteroatoms. The van der Waals surface area contributed by atoms with Crippen LogP contribution in [0.2, 0.25) is 0 Å². The molecule has 3 rings (SSSR count). The summed E-state index contributed by atoms with van der Waals surface area (Å²) in [5.41, 5.74) is -0.0197. The fourth-order valence-corrected chi connectivity index (χ4v) is 3.34. The van der Waals surface area contributed by atoms with Crippen LogP contribution in [0.5, 0.6) is 5.75 Å². The predicted octanol–water partition coefficient (Wildman–Crippen LogP) is 1.59. The minimum atomic E-state index is -0.903. The van der Waals surface area contributed by atoms with E-state index in [0.717, 1.165) is 5.01 Å². The molecule has 23 heavy (non-hydrogen) atoms. The zero-order valence-corrected chi connectivity index (χ0v) is 13.2. The van der Waals surface area contributed by atoms with E-state index >= 15 is 0 Å². The average Bonchev–Trinajstić information content (AvgIpc) is 3.15. The standard InChI is InChI=1S/C15H17FN4O2S/c16-10-6-11(20(8-10)9-13-17-4-5-23-13)7-19-15(22)14-12(21)2-1-3-18-14/h1-5,10-11,21H,6-9H2,(H,19,22)/t10-,11-/m0/s1. The molecule has 1 aliphatic heterocycles. The summed E-state index contributed by atoms with van der Waals surface area (Å²) in [6, 6.07) is 2.86. The Labute approximate surface area is 137 Å². The molecule has 1 aliphatic rings. The first-order valence-corrected chi connectivity index (χ1v) is 8.20. The number of hydrogen-bond acceptors (Lipinski definition) is 6. The number of carbonyl (C=O) groups is 1.